The van der Waals surface area contributed by atoms with Crippen molar-refractivity contribution in [3.8, 4) is 17.2 Å². The van der Waals surface area contributed by atoms with Crippen molar-refractivity contribution in [3.63, 3.8) is 0 Å². The van der Waals surface area contributed by atoms with E-state index in [9.17, 15) is 27.6 Å². The molecule has 0 aliphatic heterocycles. The van der Waals surface area contributed by atoms with Gasteiger partial charge in [0.05, 0.1) is 17.8 Å². The number of H-pyrrole nitrogens is 1. The molecule has 0 fully saturated rings. The van der Waals surface area contributed by atoms with Gasteiger partial charge in [0.15, 0.2) is 17.3 Å². The number of aromatic nitrogens is 3. The Hall–Kier alpha value is -5.51. The summed E-state index contributed by atoms with van der Waals surface area (Å²) < 4.78 is 55.0. The van der Waals surface area contributed by atoms with E-state index in [1.54, 1.807) is 48.5 Å². The number of hydrogen-bond donors (Lipinski definition) is 4. The Morgan fingerprint density at radius 2 is 1.76 bits per heavy atom. The summed E-state index contributed by atoms with van der Waals surface area (Å²) in [5.74, 6) is -4.03. The van der Waals surface area contributed by atoms with Crippen LogP contribution in [-0.4, -0.2) is 71.0 Å². The van der Waals surface area contributed by atoms with Gasteiger partial charge in [-0.25, -0.2) is 9.59 Å². The third-order valence-electron chi connectivity index (χ3n) is 6.34. The first-order valence-electron chi connectivity index (χ1n) is 13.2. The molecule has 17 heteroatoms. The molecule has 4 aromatic rings. The number of amidine groups is 1. The highest BCUT2D eigenvalue weighted by Gasteiger charge is 2.44. The minimum absolute atomic E-state index is 0.0660. The number of esters is 1. The number of methoxy groups -OCH3 is 1. The van der Waals surface area contributed by atoms with Crippen LogP contribution in [0.1, 0.15) is 23.0 Å². The fraction of sp³-hybridized carbons (Fsp3) is 0.207. The van der Waals surface area contributed by atoms with Crippen LogP contribution in [0, 0.1) is 5.41 Å². The normalized spacial score (nSPS) is 12.5. The number of amides is 1. The lowest BCUT2D eigenvalue weighted by Crippen LogP contribution is -2.43. The van der Waals surface area contributed by atoms with Crippen molar-refractivity contribution in [2.24, 2.45) is 5.73 Å². The van der Waals surface area contributed by atoms with Gasteiger partial charge in [0.2, 0.25) is 0 Å². The molecular weight excluding hydrogens is 635 g/mol. The van der Waals surface area contributed by atoms with Gasteiger partial charge in [-0.3, -0.25) is 15.2 Å². The highest BCUT2D eigenvalue weighted by Crippen LogP contribution is 2.35. The molecule has 1 amide bonds. The number of rotatable bonds is 11. The summed E-state index contributed by atoms with van der Waals surface area (Å²) >= 11 is 6.30. The highest BCUT2D eigenvalue weighted by atomic mass is 35.5. The average molecular weight is 662 g/mol. The summed E-state index contributed by atoms with van der Waals surface area (Å²) in [6.07, 6.45) is -7.67. The van der Waals surface area contributed by atoms with Gasteiger partial charge in [-0.2, -0.15) is 17.9 Å². The van der Waals surface area contributed by atoms with Gasteiger partial charge in [-0.1, -0.05) is 29.8 Å². The fourth-order valence-electron chi connectivity index (χ4n) is 4.06. The van der Waals surface area contributed by atoms with Crippen molar-refractivity contribution in [2.75, 3.05) is 26.5 Å². The van der Waals surface area contributed by atoms with Crippen LogP contribution in [0.15, 0.2) is 71.5 Å². The molecule has 1 heterocycles. The van der Waals surface area contributed by atoms with Crippen molar-refractivity contribution in [3.05, 3.63) is 99.2 Å². The molecule has 242 valence electrons. The van der Waals surface area contributed by atoms with Gasteiger partial charge in [0, 0.05) is 25.3 Å². The van der Waals surface area contributed by atoms with E-state index in [2.05, 4.69) is 20.1 Å². The molecule has 0 saturated heterocycles. The number of nitrogens with zero attached hydrogens (tertiary/aromatic N) is 3. The number of ether oxygens (including phenoxy) is 3. The zero-order chi connectivity index (χ0) is 33.8. The van der Waals surface area contributed by atoms with E-state index in [4.69, 9.17) is 32.2 Å². The number of benzene rings is 3. The summed E-state index contributed by atoms with van der Waals surface area (Å²) in [6, 6.07) is 16.3. The molecule has 0 spiro atoms. The lowest BCUT2D eigenvalue weighted by Gasteiger charge is -2.24. The molecule has 4 rings (SSSR count). The number of para-hydroxylation sites is 1. The van der Waals surface area contributed by atoms with E-state index in [-0.39, 0.29) is 28.2 Å². The molecule has 0 aliphatic carbocycles. The van der Waals surface area contributed by atoms with Crippen molar-refractivity contribution in [1.82, 2.24) is 19.7 Å². The summed E-state index contributed by atoms with van der Waals surface area (Å²) in [6.45, 7) is 0. The van der Waals surface area contributed by atoms with Crippen LogP contribution >= 0.6 is 11.6 Å². The van der Waals surface area contributed by atoms with Crippen LogP contribution in [-0.2, 0) is 14.3 Å². The molecule has 2 unspecified atom stereocenters. The lowest BCUT2D eigenvalue weighted by atomic mass is 10.0. The van der Waals surface area contributed by atoms with Gasteiger partial charge in [-0.15, -0.1) is 5.10 Å². The van der Waals surface area contributed by atoms with Crippen LogP contribution in [0.5, 0.6) is 11.5 Å². The first-order chi connectivity index (χ1) is 21.7. The van der Waals surface area contributed by atoms with Crippen LogP contribution in [0.25, 0.3) is 5.69 Å². The Kier molecular flexibility index (Phi) is 9.90. The number of halogens is 4. The number of nitrogens with two attached hydrogens (primary N) is 1. The van der Waals surface area contributed by atoms with Crippen LogP contribution in [0.3, 0.4) is 0 Å². The van der Waals surface area contributed by atoms with Gasteiger partial charge in [0.1, 0.15) is 11.9 Å². The van der Waals surface area contributed by atoms with E-state index >= 15 is 0 Å². The molecule has 0 saturated carbocycles. The second kappa shape index (κ2) is 13.6. The molecule has 0 radical (unpaired) electrons. The average Bonchev–Trinajstić information content (AvgIpc) is 3.39. The van der Waals surface area contributed by atoms with Crippen LogP contribution in [0.2, 0.25) is 5.02 Å². The number of nitrogens with one attached hydrogen (secondary N) is 3. The number of aromatic amines is 1. The number of carbonyl (C=O) groups is 2. The standard InChI is InChI=1S/C29H27ClF3N7O6/c1-39(2)25(41)26(46-27(42)29(31,32)33)45-20-13-10-16(14-21(20)44-3)22(36-17-11-8-15(9-12-17)23(34)35)24-37-28(43)40(38-24)19-7-5-4-6-18(19)30/h4-14,22,26,36H,1-3H3,(H3,34,35)(H,37,38,43). The van der Waals surface area contributed by atoms with Gasteiger partial charge >= 0.3 is 30.0 Å². The Morgan fingerprint density at radius 3 is 2.35 bits per heavy atom. The number of hydrogen-bond acceptors (Lipinski definition) is 9. The molecule has 13 nitrogen and oxygen atoms in total. The minimum Gasteiger partial charge on any atom is -0.493 e. The Bertz CT molecular complexity index is 1810. The van der Waals surface area contributed by atoms with Crippen LogP contribution < -0.4 is 26.2 Å². The molecular formula is C29H27ClF3N7O6. The maximum Gasteiger partial charge on any atom is 0.491 e. The lowest BCUT2D eigenvalue weighted by molar-refractivity contribution is -0.217. The monoisotopic (exact) mass is 661 g/mol. The Balaban J connectivity index is 1.76. The number of alkyl halides is 3. The predicted molar refractivity (Wildman–Crippen MR) is 160 cm³/mol. The summed E-state index contributed by atoms with van der Waals surface area (Å²) in [4.78, 5) is 40.7. The third-order valence-corrected chi connectivity index (χ3v) is 6.66. The van der Waals surface area contributed by atoms with Gasteiger partial charge < -0.3 is 30.2 Å². The third kappa shape index (κ3) is 7.58. The number of anilines is 1. The molecule has 0 aliphatic rings. The molecule has 2 atom stereocenters. The van der Waals surface area contributed by atoms with Gasteiger partial charge in [-0.05, 0) is 54.1 Å². The van der Waals surface area contributed by atoms with E-state index in [1.165, 1.54) is 39.4 Å². The number of carbonyl (C=O) groups excluding carboxylic acids is 2. The highest BCUT2D eigenvalue weighted by molar-refractivity contribution is 6.32. The predicted octanol–water partition coefficient (Wildman–Crippen LogP) is 3.61. The van der Waals surface area contributed by atoms with E-state index < -0.39 is 36.1 Å². The van der Waals surface area contributed by atoms with Crippen LogP contribution in [0.4, 0.5) is 18.9 Å². The number of likely N-dealkylation sites (N-methyl/N-ethyl adjacent to an activating group) is 1. The molecule has 0 bridgehead atoms. The second-order valence-corrected chi connectivity index (χ2v) is 10.1. The van der Waals surface area contributed by atoms with E-state index in [1.807, 2.05) is 0 Å². The first-order valence-corrected chi connectivity index (χ1v) is 13.6. The summed E-state index contributed by atoms with van der Waals surface area (Å²) in [5.41, 5.74) is 6.67. The molecule has 5 N–H and O–H groups in total. The number of nitrogen functional groups attached to an aromatic ring is 1. The van der Waals surface area contributed by atoms with Gasteiger partial charge in [0.25, 0.3) is 0 Å². The minimum atomic E-state index is -5.38. The van der Waals surface area contributed by atoms with E-state index in [0.29, 0.717) is 22.5 Å². The second-order valence-electron chi connectivity index (χ2n) is 9.74. The maximum atomic E-state index is 13.0. The Morgan fingerprint density at radius 1 is 1.09 bits per heavy atom. The van der Waals surface area contributed by atoms with Crippen molar-refractivity contribution < 1.29 is 37.0 Å². The molecule has 3 aromatic carbocycles. The fourth-order valence-corrected chi connectivity index (χ4v) is 4.27. The summed E-state index contributed by atoms with van der Waals surface area (Å²) in [7, 11) is 3.72. The smallest absolute Gasteiger partial charge is 0.491 e. The first kappa shape index (κ1) is 33.4. The summed E-state index contributed by atoms with van der Waals surface area (Å²) in [5, 5.41) is 15.6. The maximum absolute atomic E-state index is 13.0. The van der Waals surface area contributed by atoms with Crippen molar-refractivity contribution >= 4 is 35.0 Å². The van der Waals surface area contributed by atoms with Crippen molar-refractivity contribution in [1.29, 1.82) is 5.41 Å². The van der Waals surface area contributed by atoms with E-state index in [0.717, 1.165) is 9.58 Å². The zero-order valence-electron chi connectivity index (χ0n) is 24.4. The van der Waals surface area contributed by atoms with Crippen molar-refractivity contribution in [2.45, 2.75) is 18.5 Å². The quantitative estimate of drug-likeness (QED) is 0.0809. The Labute approximate surface area is 264 Å². The SMILES string of the molecule is COc1cc(C(Nc2ccc(C(=N)N)cc2)c2nn(-c3ccccc3Cl)c(=O)[nH]2)ccc1OC(OC(=O)C(F)(F)F)C(=O)N(C)C. The largest absolute Gasteiger partial charge is 0.493 e. The zero-order valence-corrected chi connectivity index (χ0v) is 25.1. The molecule has 46 heavy (non-hydrogen) atoms. The topological polar surface area (TPSA) is 178 Å². The molecule has 1 aromatic heterocycles.